The van der Waals surface area contributed by atoms with E-state index in [1.807, 2.05) is 19.1 Å². The second kappa shape index (κ2) is 5.27. The maximum atomic E-state index is 11.5. The van der Waals surface area contributed by atoms with Crippen LogP contribution in [0.2, 0.25) is 0 Å². The number of halogens is 2. The zero-order chi connectivity index (χ0) is 15.1. The third-order valence-corrected chi connectivity index (χ3v) is 4.12. The van der Waals surface area contributed by atoms with E-state index in [0.717, 1.165) is 14.7 Å². The van der Waals surface area contributed by atoms with E-state index in [0.29, 0.717) is 22.4 Å². The van der Waals surface area contributed by atoms with Gasteiger partial charge in [-0.05, 0) is 53.2 Å². The number of carbonyl (C=O) groups is 1. The van der Waals surface area contributed by atoms with Crippen LogP contribution in [0.25, 0.3) is 22.4 Å². The third kappa shape index (κ3) is 2.61. The van der Waals surface area contributed by atoms with Crippen LogP contribution in [0.1, 0.15) is 16.1 Å². The Labute approximate surface area is 137 Å². The van der Waals surface area contributed by atoms with Crippen molar-refractivity contribution in [3.63, 3.8) is 0 Å². The van der Waals surface area contributed by atoms with Crippen molar-refractivity contribution in [2.75, 3.05) is 0 Å². The number of carboxylic acid groups (broad SMARTS) is 1. The summed E-state index contributed by atoms with van der Waals surface area (Å²) in [5.41, 5.74) is 1.27. The number of aromatic nitrogens is 1. The highest BCUT2D eigenvalue weighted by molar-refractivity contribution is 9.11. The molecular formula is C15H9Br2NO3. The number of pyridine rings is 1. The second-order valence-corrected chi connectivity index (χ2v) is 6.32. The van der Waals surface area contributed by atoms with Gasteiger partial charge in [-0.1, -0.05) is 15.9 Å². The van der Waals surface area contributed by atoms with Gasteiger partial charge in [-0.25, -0.2) is 9.78 Å². The maximum absolute atomic E-state index is 11.5. The van der Waals surface area contributed by atoms with Gasteiger partial charge in [0.2, 0.25) is 0 Å². The Bertz CT molecular complexity index is 871. The van der Waals surface area contributed by atoms with E-state index in [1.54, 1.807) is 12.1 Å². The smallest absolute Gasteiger partial charge is 0.336 e. The van der Waals surface area contributed by atoms with Gasteiger partial charge in [0.25, 0.3) is 0 Å². The van der Waals surface area contributed by atoms with Gasteiger partial charge in [0.1, 0.15) is 11.5 Å². The average molecular weight is 411 g/mol. The van der Waals surface area contributed by atoms with Gasteiger partial charge in [-0.3, -0.25) is 0 Å². The van der Waals surface area contributed by atoms with Gasteiger partial charge in [-0.2, -0.15) is 0 Å². The van der Waals surface area contributed by atoms with Crippen molar-refractivity contribution in [2.45, 2.75) is 6.92 Å². The fourth-order valence-electron chi connectivity index (χ4n) is 2.13. The summed E-state index contributed by atoms with van der Waals surface area (Å²) in [4.78, 5) is 16.1. The first-order valence-electron chi connectivity index (χ1n) is 6.05. The summed E-state index contributed by atoms with van der Waals surface area (Å²) in [6.07, 6.45) is 0. The normalized spacial score (nSPS) is 11.0. The molecule has 21 heavy (non-hydrogen) atoms. The molecule has 0 saturated carbocycles. The van der Waals surface area contributed by atoms with E-state index >= 15 is 0 Å². The van der Waals surface area contributed by atoms with E-state index in [2.05, 4.69) is 36.8 Å². The summed E-state index contributed by atoms with van der Waals surface area (Å²) in [7, 11) is 0. The quantitative estimate of drug-likeness (QED) is 0.643. The Hall–Kier alpha value is -1.66. The molecule has 3 rings (SSSR count). The van der Waals surface area contributed by atoms with Crippen molar-refractivity contribution >= 4 is 48.7 Å². The number of hydrogen-bond acceptors (Lipinski definition) is 3. The summed E-state index contributed by atoms with van der Waals surface area (Å²) in [5.74, 6) is 0.294. The van der Waals surface area contributed by atoms with E-state index in [-0.39, 0.29) is 5.56 Å². The van der Waals surface area contributed by atoms with Crippen molar-refractivity contribution in [3.8, 4) is 11.5 Å². The number of nitrogens with zero attached hydrogens (tertiary/aromatic N) is 1. The van der Waals surface area contributed by atoms with E-state index in [9.17, 15) is 9.90 Å². The molecule has 2 heterocycles. The lowest BCUT2D eigenvalue weighted by molar-refractivity contribution is 0.0699. The molecule has 1 aromatic carbocycles. The van der Waals surface area contributed by atoms with Gasteiger partial charge in [-0.15, -0.1) is 0 Å². The van der Waals surface area contributed by atoms with Gasteiger partial charge in [0, 0.05) is 14.3 Å². The topological polar surface area (TPSA) is 63.3 Å². The number of furan rings is 1. The molecule has 0 aliphatic rings. The lowest BCUT2D eigenvalue weighted by Crippen LogP contribution is -2.00. The number of aromatic carboxylic acids is 1. The number of benzene rings is 1. The summed E-state index contributed by atoms with van der Waals surface area (Å²) < 4.78 is 7.04. The fraction of sp³-hybridized carbons (Fsp3) is 0.0667. The average Bonchev–Trinajstić information content (AvgIpc) is 2.84. The molecule has 0 atom stereocenters. The second-order valence-electron chi connectivity index (χ2n) is 4.55. The molecule has 3 aromatic rings. The van der Waals surface area contributed by atoms with Crippen LogP contribution >= 0.6 is 31.9 Å². The third-order valence-electron chi connectivity index (χ3n) is 3.05. The van der Waals surface area contributed by atoms with Crippen LogP contribution in [0.4, 0.5) is 0 Å². The van der Waals surface area contributed by atoms with E-state index in [1.165, 1.54) is 6.07 Å². The zero-order valence-corrected chi connectivity index (χ0v) is 14.0. The number of rotatable bonds is 2. The van der Waals surface area contributed by atoms with Crippen LogP contribution in [0, 0.1) is 6.92 Å². The van der Waals surface area contributed by atoms with Crippen molar-refractivity contribution < 1.29 is 14.3 Å². The molecule has 0 saturated heterocycles. The summed E-state index contributed by atoms with van der Waals surface area (Å²) >= 11 is 6.79. The number of fused-ring (bicyclic) bond motifs is 1. The van der Waals surface area contributed by atoms with Gasteiger partial charge >= 0.3 is 5.97 Å². The first kappa shape index (κ1) is 14.3. The van der Waals surface area contributed by atoms with Crippen LogP contribution in [-0.2, 0) is 0 Å². The predicted molar refractivity (Wildman–Crippen MR) is 86.5 cm³/mol. The molecule has 1 N–H and O–H groups in total. The summed E-state index contributed by atoms with van der Waals surface area (Å²) in [6, 6.07) is 8.70. The van der Waals surface area contributed by atoms with E-state index in [4.69, 9.17) is 4.42 Å². The van der Waals surface area contributed by atoms with Gasteiger partial charge < -0.3 is 9.52 Å². The van der Waals surface area contributed by atoms with Crippen molar-refractivity contribution in [1.82, 2.24) is 4.98 Å². The molecule has 106 valence electrons. The molecule has 0 unspecified atom stereocenters. The Morgan fingerprint density at radius 3 is 2.62 bits per heavy atom. The maximum Gasteiger partial charge on any atom is 0.336 e. The Morgan fingerprint density at radius 2 is 2.00 bits per heavy atom. The monoisotopic (exact) mass is 409 g/mol. The molecule has 0 bridgehead atoms. The Morgan fingerprint density at radius 1 is 1.24 bits per heavy atom. The van der Waals surface area contributed by atoms with Crippen LogP contribution in [0.15, 0.2) is 43.7 Å². The minimum atomic E-state index is -1.00. The highest BCUT2D eigenvalue weighted by Crippen LogP contribution is 2.32. The lowest BCUT2D eigenvalue weighted by atomic mass is 10.1. The molecule has 0 radical (unpaired) electrons. The number of carboxylic acids is 1. The van der Waals surface area contributed by atoms with Crippen molar-refractivity contribution in [3.05, 3.63) is 50.6 Å². The highest BCUT2D eigenvalue weighted by Gasteiger charge is 2.16. The molecule has 0 amide bonds. The number of aryl methyl sites for hydroxylation is 1. The largest absolute Gasteiger partial charge is 0.478 e. The Kier molecular flexibility index (Phi) is 3.59. The first-order valence-corrected chi connectivity index (χ1v) is 7.64. The molecule has 2 aromatic heterocycles. The fourth-order valence-corrected chi connectivity index (χ4v) is 3.44. The lowest BCUT2D eigenvalue weighted by Gasteiger charge is -2.07. The van der Waals surface area contributed by atoms with Crippen LogP contribution in [0.5, 0.6) is 0 Å². The van der Waals surface area contributed by atoms with Crippen molar-refractivity contribution in [1.29, 1.82) is 0 Å². The molecule has 4 nitrogen and oxygen atoms in total. The van der Waals surface area contributed by atoms with E-state index < -0.39 is 5.97 Å². The molecule has 0 fully saturated rings. The van der Waals surface area contributed by atoms with Gasteiger partial charge in [0.15, 0.2) is 5.76 Å². The van der Waals surface area contributed by atoms with Crippen LogP contribution < -0.4 is 0 Å². The molecule has 0 spiro atoms. The minimum absolute atomic E-state index is 0.186. The van der Waals surface area contributed by atoms with Gasteiger partial charge in [0.05, 0.1) is 11.1 Å². The zero-order valence-electron chi connectivity index (χ0n) is 10.9. The SMILES string of the molecule is Cc1ccc(-c2cc(C(=O)O)c3cc(Br)cc(Br)c3n2)o1. The molecular weight excluding hydrogens is 402 g/mol. The first-order chi connectivity index (χ1) is 9.95. The van der Waals surface area contributed by atoms with Crippen LogP contribution in [-0.4, -0.2) is 16.1 Å². The minimum Gasteiger partial charge on any atom is -0.478 e. The van der Waals surface area contributed by atoms with Crippen molar-refractivity contribution in [2.24, 2.45) is 0 Å². The number of hydrogen-bond donors (Lipinski definition) is 1. The molecule has 0 aliphatic heterocycles. The highest BCUT2D eigenvalue weighted by atomic mass is 79.9. The standard InChI is InChI=1S/C15H9Br2NO3/c1-7-2-3-13(21-7)12-6-10(15(19)20)9-4-8(16)5-11(17)14(9)18-12/h2-6H,1H3,(H,19,20). The summed E-state index contributed by atoms with van der Waals surface area (Å²) in [5, 5.41) is 10.0. The van der Waals surface area contributed by atoms with Crippen LogP contribution in [0.3, 0.4) is 0 Å². The predicted octanol–water partition coefficient (Wildman–Crippen LogP) is 5.03. The Balaban J connectivity index is 2.37. The summed E-state index contributed by atoms with van der Waals surface area (Å²) in [6.45, 7) is 1.83. The molecule has 0 aliphatic carbocycles. The molecule has 6 heteroatoms.